The Morgan fingerprint density at radius 2 is 1.57 bits per heavy atom. The van der Waals surface area contributed by atoms with Crippen LogP contribution in [0.5, 0.6) is 11.5 Å². The first-order chi connectivity index (χ1) is 18.4. The van der Waals surface area contributed by atoms with Crippen LogP contribution in [0.25, 0.3) is 60.3 Å². The Labute approximate surface area is 208 Å². The van der Waals surface area contributed by atoms with Crippen molar-refractivity contribution in [2.24, 2.45) is 0 Å². The number of benzene rings is 4. The smallest absolute Gasteiger partial charge is 0.372 e. The molecular weight excluding hydrogens is 458 g/mol. The Bertz CT molecular complexity index is 2460. The SMILES string of the molecule is c1ccc2c(c1)n1c3nccnc3c3ccc4c5c3c1[n+]2C51c2c(ccc3ccc5ccc[n+]1c5c23)O4. The molecule has 0 saturated carbocycles. The number of pyridine rings is 2. The van der Waals surface area contributed by atoms with Crippen molar-refractivity contribution in [3.05, 3.63) is 103 Å². The molecule has 11 rings (SSSR count). The van der Waals surface area contributed by atoms with Crippen molar-refractivity contribution in [2.75, 3.05) is 0 Å². The molecule has 1 unspecified atom stereocenters. The standard InChI is InChI=1S/C31H15N5O/c1-2-6-20-19(5-1)35-29-27(32-13-14-33-29)18-10-12-22-26-24(18)30(35)36(20)31(26)25-21(37-22)11-9-16-7-8-17-4-3-15-34(31)28(17)23(16)25/h1-15H/q+2. The lowest BCUT2D eigenvalue weighted by atomic mass is 9.85. The average Bonchev–Trinajstić information content (AvgIpc) is 3.57. The fraction of sp³-hybridized carbons (Fsp3) is 0.0323. The molecule has 4 aromatic heterocycles. The molecule has 6 heteroatoms. The van der Waals surface area contributed by atoms with Gasteiger partial charge in [0.25, 0.3) is 5.65 Å². The van der Waals surface area contributed by atoms with Gasteiger partial charge in [0.05, 0.1) is 10.8 Å². The first kappa shape index (κ1) is 17.3. The lowest BCUT2D eigenvalue weighted by Gasteiger charge is -2.28. The molecular formula is C31H15N5O+2. The van der Waals surface area contributed by atoms with Gasteiger partial charge in [0.1, 0.15) is 28.1 Å². The normalized spacial score (nSPS) is 18.1. The van der Waals surface area contributed by atoms with Gasteiger partial charge < -0.3 is 4.74 Å². The van der Waals surface area contributed by atoms with E-state index in [9.17, 15) is 0 Å². The molecule has 8 aromatic rings. The van der Waals surface area contributed by atoms with E-state index in [1.165, 1.54) is 38.2 Å². The maximum atomic E-state index is 6.73. The topological polar surface area (TPSA) is 47.2 Å². The van der Waals surface area contributed by atoms with Crippen LogP contribution < -0.4 is 13.9 Å². The van der Waals surface area contributed by atoms with Crippen LogP contribution in [-0.2, 0) is 5.66 Å². The molecule has 168 valence electrons. The summed E-state index contributed by atoms with van der Waals surface area (Å²) >= 11 is 0. The first-order valence-corrected chi connectivity index (χ1v) is 12.5. The van der Waals surface area contributed by atoms with Gasteiger partial charge >= 0.3 is 11.3 Å². The summed E-state index contributed by atoms with van der Waals surface area (Å²) in [6.07, 6.45) is 5.82. The molecule has 0 saturated heterocycles. The number of aromatic nitrogens is 5. The minimum atomic E-state index is -0.612. The Morgan fingerprint density at radius 1 is 0.757 bits per heavy atom. The van der Waals surface area contributed by atoms with Crippen LogP contribution in [0.2, 0.25) is 0 Å². The minimum absolute atomic E-state index is 0.612. The number of fused-ring (bicyclic) bond motifs is 6. The molecule has 3 aliphatic rings. The fourth-order valence-corrected chi connectivity index (χ4v) is 7.68. The average molecular weight is 473 g/mol. The zero-order chi connectivity index (χ0) is 23.6. The zero-order valence-electron chi connectivity index (χ0n) is 19.3. The molecule has 1 atom stereocenters. The van der Waals surface area contributed by atoms with Crippen LogP contribution in [0.4, 0.5) is 0 Å². The highest BCUT2D eigenvalue weighted by Gasteiger charge is 2.68. The summed E-state index contributed by atoms with van der Waals surface area (Å²) in [5, 5.41) is 6.01. The van der Waals surface area contributed by atoms with Crippen molar-refractivity contribution >= 4 is 60.3 Å². The summed E-state index contributed by atoms with van der Waals surface area (Å²) in [5.74, 6) is 1.81. The third kappa shape index (κ3) is 1.53. The van der Waals surface area contributed by atoms with Gasteiger partial charge in [-0.1, -0.05) is 24.3 Å². The molecule has 37 heavy (non-hydrogen) atoms. The zero-order valence-corrected chi connectivity index (χ0v) is 19.3. The van der Waals surface area contributed by atoms with Crippen LogP contribution >= 0.6 is 0 Å². The van der Waals surface area contributed by atoms with Gasteiger partial charge in [-0.05, 0) is 47.9 Å². The monoisotopic (exact) mass is 473 g/mol. The van der Waals surface area contributed by atoms with E-state index in [0.717, 1.165) is 44.7 Å². The van der Waals surface area contributed by atoms with E-state index in [1.807, 2.05) is 0 Å². The molecule has 0 bridgehead atoms. The lowest BCUT2D eigenvalue weighted by molar-refractivity contribution is -0.934. The summed E-state index contributed by atoms with van der Waals surface area (Å²) in [6.45, 7) is 0. The highest BCUT2D eigenvalue weighted by atomic mass is 16.5. The van der Waals surface area contributed by atoms with Crippen LogP contribution in [0.15, 0.2) is 91.4 Å². The Balaban J connectivity index is 1.56. The molecule has 6 nitrogen and oxygen atoms in total. The van der Waals surface area contributed by atoms with Crippen molar-refractivity contribution in [3.8, 4) is 11.5 Å². The van der Waals surface area contributed by atoms with E-state index < -0.39 is 5.66 Å². The van der Waals surface area contributed by atoms with Crippen LogP contribution in [0, 0.1) is 0 Å². The predicted molar refractivity (Wildman–Crippen MR) is 139 cm³/mol. The van der Waals surface area contributed by atoms with Crippen molar-refractivity contribution < 1.29 is 13.9 Å². The number of hydrogen-bond donors (Lipinski definition) is 0. The van der Waals surface area contributed by atoms with Crippen LogP contribution in [0.1, 0.15) is 11.1 Å². The first-order valence-electron chi connectivity index (χ1n) is 12.5. The number of rotatable bonds is 0. The van der Waals surface area contributed by atoms with Crippen LogP contribution in [0.3, 0.4) is 0 Å². The molecule has 7 heterocycles. The van der Waals surface area contributed by atoms with E-state index in [2.05, 4.69) is 92.5 Å². The molecule has 1 spiro atoms. The van der Waals surface area contributed by atoms with Gasteiger partial charge in [-0.2, -0.15) is 4.40 Å². The van der Waals surface area contributed by atoms with Crippen molar-refractivity contribution in [2.45, 2.75) is 5.66 Å². The van der Waals surface area contributed by atoms with E-state index in [0.29, 0.717) is 0 Å². The summed E-state index contributed by atoms with van der Waals surface area (Å²) < 4.78 is 14.1. The molecule has 0 fully saturated rings. The molecule has 3 aliphatic heterocycles. The number of ether oxygens (including phenoxy) is 1. The summed E-state index contributed by atoms with van der Waals surface area (Å²) in [4.78, 5) is 9.71. The summed E-state index contributed by atoms with van der Waals surface area (Å²) in [5.41, 5.74) is 8.22. The van der Waals surface area contributed by atoms with Gasteiger partial charge in [-0.25, -0.2) is 9.97 Å². The van der Waals surface area contributed by atoms with Crippen LogP contribution in [-0.4, -0.2) is 14.4 Å². The highest BCUT2D eigenvalue weighted by Crippen LogP contribution is 2.57. The molecule has 0 aliphatic carbocycles. The third-order valence-corrected chi connectivity index (χ3v) is 8.82. The molecule has 4 aromatic carbocycles. The van der Waals surface area contributed by atoms with E-state index in [-0.39, 0.29) is 0 Å². The second-order valence-electron chi connectivity index (χ2n) is 10.3. The second-order valence-corrected chi connectivity index (χ2v) is 10.3. The molecule has 0 radical (unpaired) electrons. The number of nitrogens with zero attached hydrogens (tertiary/aromatic N) is 5. The van der Waals surface area contributed by atoms with Gasteiger partial charge in [0, 0.05) is 29.2 Å². The highest BCUT2D eigenvalue weighted by molar-refractivity contribution is 6.15. The van der Waals surface area contributed by atoms with E-state index in [1.54, 1.807) is 12.4 Å². The van der Waals surface area contributed by atoms with Crippen molar-refractivity contribution in [3.63, 3.8) is 0 Å². The quantitative estimate of drug-likeness (QED) is 0.227. The van der Waals surface area contributed by atoms with Gasteiger partial charge in [0.15, 0.2) is 17.2 Å². The Hall–Kier alpha value is -5.10. The van der Waals surface area contributed by atoms with Gasteiger partial charge in [-0.3, -0.25) is 0 Å². The van der Waals surface area contributed by atoms with E-state index in [4.69, 9.17) is 14.7 Å². The lowest BCUT2D eigenvalue weighted by Crippen LogP contribution is -2.71. The minimum Gasteiger partial charge on any atom is -0.456 e. The van der Waals surface area contributed by atoms with E-state index >= 15 is 0 Å². The second kappa shape index (κ2) is 5.20. The maximum Gasteiger partial charge on any atom is 0.372 e. The summed E-state index contributed by atoms with van der Waals surface area (Å²) in [6, 6.07) is 26.1. The Morgan fingerprint density at radius 3 is 2.54 bits per heavy atom. The number of imidazole rings is 1. The van der Waals surface area contributed by atoms with Gasteiger partial charge in [0.2, 0.25) is 5.52 Å². The van der Waals surface area contributed by atoms with Crippen molar-refractivity contribution in [1.82, 2.24) is 14.4 Å². The third-order valence-electron chi connectivity index (χ3n) is 8.82. The number of hydrogen-bond acceptors (Lipinski definition) is 3. The fourth-order valence-electron chi connectivity index (χ4n) is 7.68. The Kier molecular flexibility index (Phi) is 2.44. The maximum absolute atomic E-state index is 6.73. The largest absolute Gasteiger partial charge is 0.456 e. The number of para-hydroxylation sites is 2. The predicted octanol–water partition coefficient (Wildman–Crippen LogP) is 5.10. The van der Waals surface area contributed by atoms with Gasteiger partial charge in [-0.15, -0.1) is 9.13 Å². The van der Waals surface area contributed by atoms with Crippen molar-refractivity contribution in [1.29, 1.82) is 0 Å². The summed E-state index contributed by atoms with van der Waals surface area (Å²) in [7, 11) is 0. The molecule has 0 amide bonds. The molecule has 0 N–H and O–H groups in total.